The van der Waals surface area contributed by atoms with Crippen molar-refractivity contribution in [2.24, 2.45) is 5.41 Å². The van der Waals surface area contributed by atoms with Crippen LogP contribution < -0.4 is 5.32 Å². The molecule has 1 saturated carbocycles. The van der Waals surface area contributed by atoms with E-state index in [1.165, 1.54) is 31.3 Å². The van der Waals surface area contributed by atoms with Gasteiger partial charge in [-0.05, 0) is 50.2 Å². The Labute approximate surface area is 163 Å². The summed E-state index contributed by atoms with van der Waals surface area (Å²) in [7, 11) is 0. The van der Waals surface area contributed by atoms with Crippen LogP contribution in [0.5, 0.6) is 0 Å². The second kappa shape index (κ2) is 7.30. The number of amides is 2. The number of likely N-dealkylation sites (tertiary alicyclic amines) is 1. The Hall–Kier alpha value is -2.83. The number of piperidine rings is 1. The van der Waals surface area contributed by atoms with Gasteiger partial charge in [-0.1, -0.05) is 12.1 Å². The van der Waals surface area contributed by atoms with Crippen molar-refractivity contribution in [1.29, 1.82) is 0 Å². The van der Waals surface area contributed by atoms with Crippen LogP contribution in [-0.4, -0.2) is 45.8 Å². The second-order valence-electron chi connectivity index (χ2n) is 7.80. The summed E-state index contributed by atoms with van der Waals surface area (Å²) >= 11 is 0. The lowest BCUT2D eigenvalue weighted by molar-refractivity contribution is -0.134. The molecule has 4 rings (SSSR count). The van der Waals surface area contributed by atoms with Gasteiger partial charge in [0, 0.05) is 25.5 Å². The van der Waals surface area contributed by atoms with E-state index in [2.05, 4.69) is 15.3 Å². The van der Waals surface area contributed by atoms with E-state index in [4.69, 9.17) is 0 Å². The van der Waals surface area contributed by atoms with Crippen LogP contribution in [0.2, 0.25) is 0 Å². The van der Waals surface area contributed by atoms with E-state index in [0.29, 0.717) is 5.41 Å². The van der Waals surface area contributed by atoms with Crippen molar-refractivity contribution in [2.75, 3.05) is 13.1 Å². The van der Waals surface area contributed by atoms with Gasteiger partial charge in [0.25, 0.3) is 5.91 Å². The summed E-state index contributed by atoms with van der Waals surface area (Å²) in [5, 5.41) is 2.72. The molecule has 7 heteroatoms. The predicted octanol–water partition coefficient (Wildman–Crippen LogP) is 2.80. The number of hydrogen-bond donors (Lipinski definition) is 1. The first-order valence-electron chi connectivity index (χ1n) is 9.64. The highest BCUT2D eigenvalue weighted by atomic mass is 19.1. The Kier molecular flexibility index (Phi) is 4.83. The number of nitrogens with one attached hydrogen (secondary N) is 1. The van der Waals surface area contributed by atoms with Crippen LogP contribution in [0, 0.1) is 11.2 Å². The molecule has 28 heavy (non-hydrogen) atoms. The lowest BCUT2D eigenvalue weighted by Gasteiger charge is -2.33. The fraction of sp³-hybridized carbons (Fsp3) is 0.429. The third kappa shape index (κ3) is 3.74. The van der Waals surface area contributed by atoms with Crippen LogP contribution >= 0.6 is 0 Å². The largest absolute Gasteiger partial charge is 0.341 e. The highest BCUT2D eigenvalue weighted by Crippen LogP contribution is 2.53. The van der Waals surface area contributed by atoms with Gasteiger partial charge >= 0.3 is 0 Å². The SMILES string of the molecule is C[C@@H](NC(=O)c1cnc(-c2ccccc2F)nc1)C(=O)N1CCC2(CC1)CC2. The Bertz CT molecular complexity index is 886. The van der Waals surface area contributed by atoms with Gasteiger partial charge in [-0.15, -0.1) is 0 Å². The lowest BCUT2D eigenvalue weighted by atomic mass is 9.93. The van der Waals surface area contributed by atoms with Gasteiger partial charge in [-0.3, -0.25) is 9.59 Å². The molecule has 1 spiro atoms. The quantitative estimate of drug-likeness (QED) is 0.882. The van der Waals surface area contributed by atoms with Crippen molar-refractivity contribution in [1.82, 2.24) is 20.2 Å². The standard InChI is InChI=1S/C21H23FN4O2/c1-14(20(28)26-10-8-21(6-7-21)9-11-26)25-19(27)15-12-23-18(24-13-15)16-4-2-3-5-17(16)22/h2-5,12-14H,6-11H2,1H3,(H,25,27)/t14-/m1/s1. The first-order valence-corrected chi connectivity index (χ1v) is 9.64. The Balaban J connectivity index is 1.36. The summed E-state index contributed by atoms with van der Waals surface area (Å²) in [6, 6.07) is 5.58. The molecule has 6 nitrogen and oxygen atoms in total. The number of hydrogen-bond acceptors (Lipinski definition) is 4. The zero-order valence-electron chi connectivity index (χ0n) is 15.8. The fourth-order valence-corrected chi connectivity index (χ4v) is 3.72. The predicted molar refractivity (Wildman–Crippen MR) is 102 cm³/mol. The van der Waals surface area contributed by atoms with Gasteiger partial charge in [0.1, 0.15) is 11.9 Å². The topological polar surface area (TPSA) is 75.2 Å². The van der Waals surface area contributed by atoms with Crippen LogP contribution in [0.4, 0.5) is 4.39 Å². The molecule has 1 aliphatic heterocycles. The minimum atomic E-state index is -0.619. The van der Waals surface area contributed by atoms with Gasteiger partial charge < -0.3 is 10.2 Å². The molecule has 2 heterocycles. The summed E-state index contributed by atoms with van der Waals surface area (Å²) in [5.74, 6) is -0.695. The zero-order valence-corrected chi connectivity index (χ0v) is 15.8. The van der Waals surface area contributed by atoms with Crippen molar-refractivity contribution in [3.05, 3.63) is 48.0 Å². The minimum Gasteiger partial charge on any atom is -0.341 e. The molecule has 2 aromatic rings. The van der Waals surface area contributed by atoms with Gasteiger partial charge in [0.15, 0.2) is 5.82 Å². The van der Waals surface area contributed by atoms with Gasteiger partial charge in [0.2, 0.25) is 5.91 Å². The van der Waals surface area contributed by atoms with Crippen LogP contribution in [0.25, 0.3) is 11.4 Å². The molecule has 0 bridgehead atoms. The highest BCUT2D eigenvalue weighted by molar-refractivity contribution is 5.97. The number of carbonyl (C=O) groups is 2. The third-order valence-electron chi connectivity index (χ3n) is 5.84. The van der Waals surface area contributed by atoms with Gasteiger partial charge in [-0.25, -0.2) is 14.4 Å². The molecule has 1 N–H and O–H groups in total. The van der Waals surface area contributed by atoms with Gasteiger partial charge in [-0.2, -0.15) is 0 Å². The van der Waals surface area contributed by atoms with Crippen LogP contribution in [-0.2, 0) is 4.79 Å². The molecule has 2 amide bonds. The summed E-state index contributed by atoms with van der Waals surface area (Å²) in [5.41, 5.74) is 1.01. The van der Waals surface area contributed by atoms with E-state index in [1.54, 1.807) is 25.1 Å². The number of carbonyl (C=O) groups excluding carboxylic acids is 2. The second-order valence-corrected chi connectivity index (χ2v) is 7.80. The molecule has 1 atom stereocenters. The normalized spacial score (nSPS) is 18.6. The lowest BCUT2D eigenvalue weighted by Crippen LogP contribution is -2.49. The summed E-state index contributed by atoms with van der Waals surface area (Å²) < 4.78 is 13.8. The van der Waals surface area contributed by atoms with Crippen LogP contribution in [0.15, 0.2) is 36.7 Å². The summed E-state index contributed by atoms with van der Waals surface area (Å²) in [4.78, 5) is 35.1. The molecule has 146 valence electrons. The van der Waals surface area contributed by atoms with Crippen molar-refractivity contribution >= 4 is 11.8 Å². The molecular formula is C21H23FN4O2. The molecule has 1 aromatic carbocycles. The maximum atomic E-state index is 13.8. The van der Waals surface area contributed by atoms with Crippen molar-refractivity contribution in [3.8, 4) is 11.4 Å². The maximum Gasteiger partial charge on any atom is 0.255 e. The first kappa shape index (κ1) is 18.5. The molecule has 2 fully saturated rings. The molecule has 1 saturated heterocycles. The average Bonchev–Trinajstić information content (AvgIpc) is 3.47. The highest BCUT2D eigenvalue weighted by Gasteiger charge is 2.45. The number of nitrogens with zero attached hydrogens (tertiary/aromatic N) is 3. The van der Waals surface area contributed by atoms with E-state index in [9.17, 15) is 14.0 Å². The van der Waals surface area contributed by atoms with E-state index in [1.807, 2.05) is 4.90 Å². The molecule has 1 aliphatic carbocycles. The number of benzene rings is 1. The average molecular weight is 382 g/mol. The van der Waals surface area contributed by atoms with E-state index in [-0.39, 0.29) is 22.9 Å². The fourth-order valence-electron chi connectivity index (χ4n) is 3.72. The van der Waals surface area contributed by atoms with Crippen molar-refractivity contribution < 1.29 is 14.0 Å². The molecular weight excluding hydrogens is 359 g/mol. The number of aromatic nitrogens is 2. The molecule has 2 aliphatic rings. The molecule has 1 aromatic heterocycles. The Morgan fingerprint density at radius 3 is 2.36 bits per heavy atom. The minimum absolute atomic E-state index is 0.0623. The molecule has 0 unspecified atom stereocenters. The number of halogens is 1. The van der Waals surface area contributed by atoms with Crippen LogP contribution in [0.1, 0.15) is 43.0 Å². The Morgan fingerprint density at radius 1 is 1.11 bits per heavy atom. The number of rotatable bonds is 4. The van der Waals surface area contributed by atoms with E-state index in [0.717, 1.165) is 25.9 Å². The van der Waals surface area contributed by atoms with Crippen LogP contribution in [0.3, 0.4) is 0 Å². The summed E-state index contributed by atoms with van der Waals surface area (Å²) in [6.07, 6.45) is 7.38. The monoisotopic (exact) mass is 382 g/mol. The first-order chi connectivity index (χ1) is 13.5. The van der Waals surface area contributed by atoms with Gasteiger partial charge in [0.05, 0.1) is 11.1 Å². The van der Waals surface area contributed by atoms with Crippen molar-refractivity contribution in [2.45, 2.75) is 38.6 Å². The zero-order chi connectivity index (χ0) is 19.7. The maximum absolute atomic E-state index is 13.8. The van der Waals surface area contributed by atoms with E-state index < -0.39 is 17.8 Å². The Morgan fingerprint density at radius 2 is 1.75 bits per heavy atom. The summed E-state index contributed by atoms with van der Waals surface area (Å²) in [6.45, 7) is 3.22. The third-order valence-corrected chi connectivity index (χ3v) is 5.84. The smallest absolute Gasteiger partial charge is 0.255 e. The molecule has 0 radical (unpaired) electrons. The van der Waals surface area contributed by atoms with E-state index >= 15 is 0 Å². The van der Waals surface area contributed by atoms with Crippen molar-refractivity contribution in [3.63, 3.8) is 0 Å².